The van der Waals surface area contributed by atoms with Gasteiger partial charge in [-0.2, -0.15) is 5.26 Å². The quantitative estimate of drug-likeness (QED) is 0.620. The summed E-state index contributed by atoms with van der Waals surface area (Å²) in [5.74, 6) is -0.223. The predicted octanol–water partition coefficient (Wildman–Crippen LogP) is 4.81. The number of ether oxygens (including phenoxy) is 1. The molecule has 0 aromatic heterocycles. The van der Waals surface area contributed by atoms with E-state index < -0.39 is 11.7 Å². The van der Waals surface area contributed by atoms with Crippen LogP contribution in [-0.4, -0.2) is 13.0 Å². The Morgan fingerprint density at radius 3 is 2.58 bits per heavy atom. The first-order chi connectivity index (χ1) is 12.4. The van der Waals surface area contributed by atoms with Gasteiger partial charge >= 0.3 is 0 Å². The molecule has 0 heterocycles. The summed E-state index contributed by atoms with van der Waals surface area (Å²) < 4.78 is 19.1. The number of benzene rings is 2. The van der Waals surface area contributed by atoms with Crippen LogP contribution >= 0.6 is 0 Å². The summed E-state index contributed by atoms with van der Waals surface area (Å²) in [6.45, 7) is 5.95. The van der Waals surface area contributed by atoms with Crippen LogP contribution in [0.25, 0.3) is 6.08 Å². The molecule has 0 saturated heterocycles. The van der Waals surface area contributed by atoms with Crippen molar-refractivity contribution >= 4 is 17.7 Å². The fraction of sp³-hybridized carbons (Fsp3) is 0.238. The van der Waals surface area contributed by atoms with Crippen molar-refractivity contribution in [2.24, 2.45) is 0 Å². The number of carbonyl (C=O) groups excluding carboxylic acids is 1. The van der Waals surface area contributed by atoms with Crippen molar-refractivity contribution in [3.05, 3.63) is 64.5 Å². The number of carbonyl (C=O) groups is 1. The first kappa shape index (κ1) is 19.2. The number of hydrogen-bond donors (Lipinski definition) is 1. The van der Waals surface area contributed by atoms with Crippen molar-refractivity contribution in [2.45, 2.75) is 26.7 Å². The second-order valence-corrected chi connectivity index (χ2v) is 6.21. The predicted molar refractivity (Wildman–Crippen MR) is 100 cm³/mol. The van der Waals surface area contributed by atoms with Gasteiger partial charge in [-0.05, 0) is 59.9 Å². The lowest BCUT2D eigenvalue weighted by Crippen LogP contribution is -2.14. The molecule has 2 aromatic rings. The SMILES string of the molecule is COc1cc(C)c(/C=C(\C#N)C(=O)Nc2ccccc2F)cc1C(C)C. The maximum absolute atomic E-state index is 13.7. The molecule has 0 atom stereocenters. The average molecular weight is 352 g/mol. The minimum atomic E-state index is -0.654. The monoisotopic (exact) mass is 352 g/mol. The van der Waals surface area contributed by atoms with Gasteiger partial charge in [-0.25, -0.2) is 4.39 Å². The lowest BCUT2D eigenvalue weighted by atomic mass is 9.95. The third-order valence-electron chi connectivity index (χ3n) is 4.03. The number of rotatable bonds is 5. The van der Waals surface area contributed by atoms with Crippen LogP contribution in [-0.2, 0) is 4.79 Å². The average Bonchev–Trinajstić information content (AvgIpc) is 2.61. The zero-order valence-electron chi connectivity index (χ0n) is 15.3. The first-order valence-electron chi connectivity index (χ1n) is 8.23. The standard InChI is InChI=1S/C21H21FN2O2/c1-13(2)17-11-15(14(3)9-20(17)26-4)10-16(12-23)21(25)24-19-8-6-5-7-18(19)22/h5-11,13H,1-4H3,(H,24,25)/b16-10+. The minimum absolute atomic E-state index is 0.0352. The van der Waals surface area contributed by atoms with Crippen LogP contribution in [0.5, 0.6) is 5.75 Å². The third-order valence-corrected chi connectivity index (χ3v) is 4.03. The maximum atomic E-state index is 13.7. The molecule has 0 aliphatic carbocycles. The van der Waals surface area contributed by atoms with Crippen LogP contribution in [0, 0.1) is 24.1 Å². The van der Waals surface area contributed by atoms with Crippen molar-refractivity contribution in [3.63, 3.8) is 0 Å². The largest absolute Gasteiger partial charge is 0.496 e. The molecule has 134 valence electrons. The van der Waals surface area contributed by atoms with E-state index in [9.17, 15) is 14.4 Å². The number of para-hydroxylation sites is 1. The molecule has 2 aromatic carbocycles. The van der Waals surface area contributed by atoms with Crippen LogP contribution in [0.3, 0.4) is 0 Å². The van der Waals surface area contributed by atoms with Crippen LogP contribution in [0.1, 0.15) is 36.5 Å². The van der Waals surface area contributed by atoms with Gasteiger partial charge in [0, 0.05) is 0 Å². The zero-order valence-corrected chi connectivity index (χ0v) is 15.3. The molecule has 0 bridgehead atoms. The molecule has 0 saturated carbocycles. The highest BCUT2D eigenvalue weighted by Gasteiger charge is 2.15. The van der Waals surface area contributed by atoms with Crippen molar-refractivity contribution in [2.75, 3.05) is 12.4 Å². The second-order valence-electron chi connectivity index (χ2n) is 6.21. The highest BCUT2D eigenvalue weighted by Crippen LogP contribution is 2.30. The Labute approximate surface area is 152 Å². The second kappa shape index (κ2) is 8.30. The van der Waals surface area contributed by atoms with Gasteiger partial charge in [-0.1, -0.05) is 26.0 Å². The topological polar surface area (TPSA) is 62.1 Å². The normalized spacial score (nSPS) is 11.2. The summed E-state index contributed by atoms with van der Waals surface area (Å²) in [4.78, 5) is 12.4. The van der Waals surface area contributed by atoms with Gasteiger partial charge in [0.2, 0.25) is 0 Å². The summed E-state index contributed by atoms with van der Waals surface area (Å²) in [6, 6.07) is 11.5. The zero-order chi connectivity index (χ0) is 19.3. The number of aryl methyl sites for hydroxylation is 1. The molecule has 4 nitrogen and oxygen atoms in total. The van der Waals surface area contributed by atoms with Gasteiger partial charge in [0.15, 0.2) is 0 Å². The number of hydrogen-bond acceptors (Lipinski definition) is 3. The van der Waals surface area contributed by atoms with Crippen LogP contribution < -0.4 is 10.1 Å². The lowest BCUT2D eigenvalue weighted by Gasteiger charge is -2.15. The molecule has 2 rings (SSSR count). The van der Waals surface area contributed by atoms with E-state index in [1.807, 2.05) is 39.0 Å². The molecule has 0 unspecified atom stereocenters. The number of methoxy groups -OCH3 is 1. The van der Waals surface area contributed by atoms with Gasteiger partial charge in [-0.3, -0.25) is 4.79 Å². The van der Waals surface area contributed by atoms with E-state index in [0.29, 0.717) is 0 Å². The van der Waals surface area contributed by atoms with Gasteiger partial charge < -0.3 is 10.1 Å². The van der Waals surface area contributed by atoms with Crippen LogP contribution in [0.15, 0.2) is 42.0 Å². The van der Waals surface area contributed by atoms with Gasteiger partial charge in [0.1, 0.15) is 23.2 Å². The van der Waals surface area contributed by atoms with Gasteiger partial charge in [0.25, 0.3) is 5.91 Å². The fourth-order valence-electron chi connectivity index (χ4n) is 2.56. The minimum Gasteiger partial charge on any atom is -0.496 e. The van der Waals surface area contributed by atoms with E-state index in [0.717, 1.165) is 22.4 Å². The first-order valence-corrected chi connectivity index (χ1v) is 8.23. The molecule has 0 fully saturated rings. The summed E-state index contributed by atoms with van der Waals surface area (Å²) in [6.07, 6.45) is 1.51. The summed E-state index contributed by atoms with van der Waals surface area (Å²) >= 11 is 0. The third kappa shape index (κ3) is 4.28. The maximum Gasteiger partial charge on any atom is 0.266 e. The molecule has 0 radical (unpaired) electrons. The Morgan fingerprint density at radius 1 is 1.31 bits per heavy atom. The molecule has 5 heteroatoms. The number of anilines is 1. The highest BCUT2D eigenvalue weighted by atomic mass is 19.1. The van der Waals surface area contributed by atoms with E-state index in [1.54, 1.807) is 13.2 Å². The van der Waals surface area contributed by atoms with Crippen molar-refractivity contribution < 1.29 is 13.9 Å². The molecular weight excluding hydrogens is 331 g/mol. The molecule has 26 heavy (non-hydrogen) atoms. The Bertz CT molecular complexity index is 895. The molecule has 1 N–H and O–H groups in total. The fourth-order valence-corrected chi connectivity index (χ4v) is 2.56. The number of nitrogens with one attached hydrogen (secondary N) is 1. The summed E-state index contributed by atoms with van der Waals surface area (Å²) in [7, 11) is 1.61. The highest BCUT2D eigenvalue weighted by molar-refractivity contribution is 6.09. The lowest BCUT2D eigenvalue weighted by molar-refractivity contribution is -0.112. The molecule has 0 aliphatic rings. The molecule has 1 amide bonds. The number of halogens is 1. The van der Waals surface area contributed by atoms with Crippen molar-refractivity contribution in [1.82, 2.24) is 0 Å². The van der Waals surface area contributed by atoms with E-state index in [1.165, 1.54) is 24.3 Å². The molecule has 0 spiro atoms. The Balaban J connectivity index is 2.39. The number of nitriles is 1. The van der Waals surface area contributed by atoms with Crippen LogP contribution in [0.4, 0.5) is 10.1 Å². The van der Waals surface area contributed by atoms with E-state index in [2.05, 4.69) is 5.32 Å². The summed E-state index contributed by atoms with van der Waals surface area (Å²) in [5, 5.41) is 11.8. The number of nitrogens with zero attached hydrogens (tertiary/aromatic N) is 1. The Morgan fingerprint density at radius 2 is 2.00 bits per heavy atom. The molecular formula is C21H21FN2O2. The number of amides is 1. The van der Waals surface area contributed by atoms with E-state index in [-0.39, 0.29) is 17.2 Å². The van der Waals surface area contributed by atoms with Crippen molar-refractivity contribution in [3.8, 4) is 11.8 Å². The van der Waals surface area contributed by atoms with E-state index in [4.69, 9.17) is 4.74 Å². The Kier molecular flexibility index (Phi) is 6.13. The smallest absolute Gasteiger partial charge is 0.266 e. The summed E-state index contributed by atoms with van der Waals surface area (Å²) in [5.41, 5.74) is 2.53. The van der Waals surface area contributed by atoms with Crippen LogP contribution in [0.2, 0.25) is 0 Å². The van der Waals surface area contributed by atoms with Gasteiger partial charge in [-0.15, -0.1) is 0 Å². The van der Waals surface area contributed by atoms with E-state index >= 15 is 0 Å². The Hall–Kier alpha value is -3.13. The molecule has 0 aliphatic heterocycles. The van der Waals surface area contributed by atoms with Gasteiger partial charge in [0.05, 0.1) is 12.8 Å². The van der Waals surface area contributed by atoms with Crippen molar-refractivity contribution in [1.29, 1.82) is 5.26 Å².